The molecule has 0 aliphatic carbocycles. The first kappa shape index (κ1) is 13.4. The third-order valence-electron chi connectivity index (χ3n) is 2.46. The highest BCUT2D eigenvalue weighted by atomic mass is 32.2. The van der Waals surface area contributed by atoms with E-state index in [2.05, 4.69) is 4.98 Å². The second-order valence-electron chi connectivity index (χ2n) is 3.97. The van der Waals surface area contributed by atoms with Gasteiger partial charge in [-0.2, -0.15) is 0 Å². The summed E-state index contributed by atoms with van der Waals surface area (Å²) in [4.78, 5) is 16.0. The van der Waals surface area contributed by atoms with Crippen LogP contribution in [0.2, 0.25) is 0 Å². The number of hydrogen-bond donors (Lipinski definition) is 1. The van der Waals surface area contributed by atoms with Crippen molar-refractivity contribution in [2.45, 2.75) is 16.8 Å². The van der Waals surface area contributed by atoms with Crippen LogP contribution >= 0.6 is 11.8 Å². The van der Waals surface area contributed by atoms with E-state index in [0.29, 0.717) is 5.57 Å². The number of rotatable bonds is 4. The molecule has 0 atom stereocenters. The maximum absolute atomic E-state index is 10.7. The van der Waals surface area contributed by atoms with E-state index in [1.807, 2.05) is 42.5 Å². The number of aromatic nitrogens is 1. The van der Waals surface area contributed by atoms with E-state index >= 15 is 0 Å². The molecule has 2 aromatic rings. The molecule has 0 aliphatic heterocycles. The molecule has 1 aromatic carbocycles. The maximum Gasteiger partial charge on any atom is 0.331 e. The molecule has 0 radical (unpaired) electrons. The molecule has 1 N–H and O–H groups in total. The number of carboxylic acids is 1. The lowest BCUT2D eigenvalue weighted by molar-refractivity contribution is -0.132. The average Bonchev–Trinajstić information content (AvgIpc) is 2.42. The molecule has 4 heteroatoms. The predicted molar refractivity (Wildman–Crippen MR) is 76.1 cm³/mol. The summed E-state index contributed by atoms with van der Waals surface area (Å²) in [5.41, 5.74) is 1.20. The first-order chi connectivity index (χ1) is 9.15. The Kier molecular flexibility index (Phi) is 4.36. The van der Waals surface area contributed by atoms with Crippen LogP contribution in [0.5, 0.6) is 0 Å². The molecule has 2 rings (SSSR count). The Morgan fingerprint density at radius 2 is 1.95 bits per heavy atom. The molecule has 0 bridgehead atoms. The first-order valence-corrected chi connectivity index (χ1v) is 6.57. The van der Waals surface area contributed by atoms with Gasteiger partial charge in [-0.25, -0.2) is 9.78 Å². The molecule has 0 unspecified atom stereocenters. The Morgan fingerprint density at radius 3 is 2.53 bits per heavy atom. The van der Waals surface area contributed by atoms with E-state index in [1.165, 1.54) is 0 Å². The molecule has 0 fully saturated rings. The Hall–Kier alpha value is -2.07. The van der Waals surface area contributed by atoms with Crippen molar-refractivity contribution in [2.24, 2.45) is 0 Å². The number of hydrogen-bond acceptors (Lipinski definition) is 3. The van der Waals surface area contributed by atoms with Gasteiger partial charge in [-0.05, 0) is 42.8 Å². The fraction of sp³-hybridized carbons (Fsp3) is 0.0667. The van der Waals surface area contributed by atoms with Gasteiger partial charge in [0.1, 0.15) is 5.03 Å². The van der Waals surface area contributed by atoms with Crippen molar-refractivity contribution in [3.8, 4) is 0 Å². The Labute approximate surface area is 116 Å². The normalized spacial score (nSPS) is 11.3. The number of nitrogens with zero attached hydrogens (tertiary/aromatic N) is 1. The van der Waals surface area contributed by atoms with Gasteiger partial charge in [0.25, 0.3) is 0 Å². The summed E-state index contributed by atoms with van der Waals surface area (Å²) in [5.74, 6) is -0.896. The maximum atomic E-state index is 10.7. The van der Waals surface area contributed by atoms with E-state index in [1.54, 1.807) is 31.0 Å². The van der Waals surface area contributed by atoms with Gasteiger partial charge in [-0.3, -0.25) is 0 Å². The molecule has 1 heterocycles. The topological polar surface area (TPSA) is 50.2 Å². The summed E-state index contributed by atoms with van der Waals surface area (Å²) in [6.45, 7) is 1.58. The molecule has 0 saturated carbocycles. The third kappa shape index (κ3) is 3.96. The van der Waals surface area contributed by atoms with Crippen molar-refractivity contribution < 1.29 is 9.90 Å². The van der Waals surface area contributed by atoms with E-state index in [4.69, 9.17) is 5.11 Å². The molecule has 0 spiro atoms. The summed E-state index contributed by atoms with van der Waals surface area (Å²) in [7, 11) is 0. The highest BCUT2D eigenvalue weighted by Crippen LogP contribution is 2.25. The van der Waals surface area contributed by atoms with E-state index in [9.17, 15) is 4.79 Å². The number of carbonyl (C=O) groups is 1. The summed E-state index contributed by atoms with van der Waals surface area (Å²) in [6.07, 6.45) is 3.41. The van der Waals surface area contributed by atoms with Crippen molar-refractivity contribution >= 4 is 23.8 Å². The smallest absolute Gasteiger partial charge is 0.331 e. The van der Waals surface area contributed by atoms with Gasteiger partial charge in [0.2, 0.25) is 0 Å². The minimum atomic E-state index is -0.896. The van der Waals surface area contributed by atoms with Crippen LogP contribution in [0.3, 0.4) is 0 Å². The summed E-state index contributed by atoms with van der Waals surface area (Å²) in [5, 5.41) is 9.75. The molecule has 1 aromatic heterocycles. The number of aliphatic carboxylic acids is 1. The molecular weight excluding hydrogens is 258 g/mol. The van der Waals surface area contributed by atoms with Gasteiger partial charge in [0.05, 0.1) is 0 Å². The minimum absolute atomic E-state index is 0.324. The Balaban J connectivity index is 2.11. The highest BCUT2D eigenvalue weighted by Gasteiger charge is 2.01. The van der Waals surface area contributed by atoms with Crippen LogP contribution in [0, 0.1) is 0 Å². The molecular formula is C15H13NO2S. The van der Waals surface area contributed by atoms with Crippen molar-refractivity contribution in [1.82, 2.24) is 4.98 Å². The minimum Gasteiger partial charge on any atom is -0.478 e. The van der Waals surface area contributed by atoms with Gasteiger partial charge < -0.3 is 5.11 Å². The van der Waals surface area contributed by atoms with Crippen LogP contribution in [-0.4, -0.2) is 16.1 Å². The molecule has 19 heavy (non-hydrogen) atoms. The Bertz CT molecular complexity index is 591. The lowest BCUT2D eigenvalue weighted by Gasteiger charge is -2.01. The average molecular weight is 271 g/mol. The second kappa shape index (κ2) is 6.20. The van der Waals surface area contributed by atoms with Crippen LogP contribution < -0.4 is 0 Å². The molecule has 0 aliphatic rings. The van der Waals surface area contributed by atoms with Gasteiger partial charge in [-0.15, -0.1) is 0 Å². The van der Waals surface area contributed by atoms with Crippen LogP contribution in [0.15, 0.2) is 64.2 Å². The van der Waals surface area contributed by atoms with Crippen molar-refractivity contribution in [1.29, 1.82) is 0 Å². The van der Waals surface area contributed by atoms with Crippen LogP contribution in [-0.2, 0) is 4.79 Å². The van der Waals surface area contributed by atoms with Crippen molar-refractivity contribution in [3.05, 3.63) is 59.8 Å². The molecule has 96 valence electrons. The fourth-order valence-corrected chi connectivity index (χ4v) is 2.25. The largest absolute Gasteiger partial charge is 0.478 e. The predicted octanol–water partition coefficient (Wildman–Crippen LogP) is 3.72. The monoisotopic (exact) mass is 271 g/mol. The lowest BCUT2D eigenvalue weighted by Crippen LogP contribution is -1.95. The zero-order valence-corrected chi connectivity index (χ0v) is 11.2. The quantitative estimate of drug-likeness (QED) is 0.861. The molecule has 0 amide bonds. The van der Waals surface area contributed by atoms with E-state index in [0.717, 1.165) is 15.5 Å². The van der Waals surface area contributed by atoms with E-state index < -0.39 is 5.97 Å². The summed E-state index contributed by atoms with van der Waals surface area (Å²) in [6, 6.07) is 13.5. The molecule has 0 saturated heterocycles. The lowest BCUT2D eigenvalue weighted by atomic mass is 10.1. The third-order valence-corrected chi connectivity index (χ3v) is 3.42. The number of carboxylic acid groups (broad SMARTS) is 1. The molecule has 3 nitrogen and oxygen atoms in total. The van der Waals surface area contributed by atoms with E-state index in [-0.39, 0.29) is 0 Å². The van der Waals surface area contributed by atoms with Gasteiger partial charge in [-0.1, -0.05) is 30.0 Å². The van der Waals surface area contributed by atoms with Crippen LogP contribution in [0.1, 0.15) is 12.5 Å². The summed E-state index contributed by atoms with van der Waals surface area (Å²) < 4.78 is 0. The Morgan fingerprint density at radius 1 is 1.21 bits per heavy atom. The van der Waals surface area contributed by atoms with Gasteiger partial charge in [0.15, 0.2) is 0 Å². The first-order valence-electron chi connectivity index (χ1n) is 5.76. The van der Waals surface area contributed by atoms with Crippen molar-refractivity contribution in [2.75, 3.05) is 0 Å². The zero-order chi connectivity index (χ0) is 13.7. The van der Waals surface area contributed by atoms with Crippen LogP contribution in [0.4, 0.5) is 0 Å². The van der Waals surface area contributed by atoms with Crippen LogP contribution in [0.25, 0.3) is 6.08 Å². The van der Waals surface area contributed by atoms with Gasteiger partial charge >= 0.3 is 5.97 Å². The SMILES string of the molecule is C/C(=C\c1ccc(Sc2ccccn2)cc1)C(=O)O. The number of benzene rings is 1. The summed E-state index contributed by atoms with van der Waals surface area (Å²) >= 11 is 1.57. The standard InChI is InChI=1S/C15H13NO2S/c1-11(15(17)18)10-12-5-7-13(8-6-12)19-14-4-2-3-9-16-14/h2-10H,1H3,(H,17,18)/b11-10+. The second-order valence-corrected chi connectivity index (χ2v) is 5.07. The van der Waals surface area contributed by atoms with Crippen molar-refractivity contribution in [3.63, 3.8) is 0 Å². The van der Waals surface area contributed by atoms with Gasteiger partial charge in [0, 0.05) is 16.7 Å². The fourth-order valence-electron chi connectivity index (χ4n) is 1.47. The zero-order valence-electron chi connectivity index (χ0n) is 10.4. The highest BCUT2D eigenvalue weighted by molar-refractivity contribution is 7.99. The number of pyridine rings is 1.